The van der Waals surface area contributed by atoms with E-state index >= 15 is 0 Å². The number of aryl methyl sites for hydroxylation is 2. The number of amides is 1. The largest absolute Gasteiger partial charge is 0.525 e. The third kappa shape index (κ3) is 12.8. The highest BCUT2D eigenvalue weighted by atomic mass is 28.4. The fraction of sp³-hybridized carbons (Fsp3) is 0.488. The number of benzene rings is 2. The van der Waals surface area contributed by atoms with Crippen molar-refractivity contribution in [3.8, 4) is 12.3 Å². The number of terminal acetylenes is 1. The number of H-pyrrole nitrogens is 1. The first-order valence-electron chi connectivity index (χ1n) is 19.6. The van der Waals surface area contributed by atoms with Crippen molar-refractivity contribution < 1.29 is 37.3 Å². The fourth-order valence-corrected chi connectivity index (χ4v) is 8.89. The van der Waals surface area contributed by atoms with Crippen LogP contribution in [0.5, 0.6) is 0 Å². The first-order chi connectivity index (χ1) is 26.8. The predicted octanol–water partition coefficient (Wildman–Crippen LogP) is 5.28. The van der Waals surface area contributed by atoms with E-state index in [-0.39, 0.29) is 61.6 Å². The molecule has 0 spiro atoms. The van der Waals surface area contributed by atoms with Crippen LogP contribution < -0.4 is 15.8 Å². The van der Waals surface area contributed by atoms with E-state index in [2.05, 4.69) is 26.1 Å². The molecule has 1 aliphatic rings. The second-order valence-corrected chi connectivity index (χ2v) is 26.0. The van der Waals surface area contributed by atoms with E-state index in [1.807, 2.05) is 58.3 Å². The maximum Gasteiger partial charge on any atom is 0.315 e. The summed E-state index contributed by atoms with van der Waals surface area (Å²) < 4.78 is 16.6. The molecule has 306 valence electrons. The molecule has 0 saturated carbocycles. The number of carbonyl (C=O) groups is 5. The quantitative estimate of drug-likeness (QED) is 0.119. The van der Waals surface area contributed by atoms with Gasteiger partial charge in [-0.25, -0.2) is 4.98 Å². The van der Waals surface area contributed by atoms with E-state index in [4.69, 9.17) is 19.7 Å². The minimum Gasteiger partial charge on any atom is -0.525 e. The first-order valence-corrected chi connectivity index (χ1v) is 28.4. The van der Waals surface area contributed by atoms with Crippen molar-refractivity contribution in [1.29, 1.82) is 0 Å². The lowest BCUT2D eigenvalue weighted by atomic mass is 9.94. The number of anilines is 1. The van der Waals surface area contributed by atoms with E-state index in [1.165, 1.54) is 0 Å². The molecule has 2 aromatic carbocycles. The van der Waals surface area contributed by atoms with Crippen LogP contribution >= 0.6 is 0 Å². The van der Waals surface area contributed by atoms with Crippen LogP contribution in [-0.4, -0.2) is 78.6 Å². The third-order valence-corrected chi connectivity index (χ3v) is 11.6. The molecule has 3 aromatic rings. The van der Waals surface area contributed by atoms with Crippen LogP contribution in [0, 0.1) is 18.3 Å². The number of Topliss-reactive ketones (excluding diaryl/α,β-unsaturated/α-hetero) is 1. The van der Waals surface area contributed by atoms with Gasteiger partial charge in [-0.1, -0.05) is 12.8 Å². The molecule has 0 unspecified atom stereocenters. The zero-order valence-corrected chi connectivity index (χ0v) is 37.8. The summed E-state index contributed by atoms with van der Waals surface area (Å²) in [6.07, 6.45) is 7.79. The summed E-state index contributed by atoms with van der Waals surface area (Å²) in [6.45, 7) is 15.2. The van der Waals surface area contributed by atoms with Gasteiger partial charge in [0, 0.05) is 36.9 Å². The van der Waals surface area contributed by atoms with Crippen molar-refractivity contribution in [2.24, 2.45) is 5.92 Å². The molecule has 0 aliphatic heterocycles. The number of rotatable bonds is 19. The van der Waals surface area contributed by atoms with Crippen LogP contribution in [0.2, 0.25) is 45.8 Å². The van der Waals surface area contributed by atoms with Gasteiger partial charge >= 0.3 is 5.97 Å². The minimum atomic E-state index is -2.38. The summed E-state index contributed by atoms with van der Waals surface area (Å²) in [5.74, 6) is 0.162. The van der Waals surface area contributed by atoms with Crippen LogP contribution in [0.4, 0.5) is 5.69 Å². The number of nitrogens with one attached hydrogen (secondary N) is 2. The molecule has 0 saturated heterocycles. The summed E-state index contributed by atoms with van der Waals surface area (Å²) in [6, 6.07) is 9.57. The molecule has 0 bridgehead atoms. The van der Waals surface area contributed by atoms with Gasteiger partial charge in [-0.15, -0.1) is 6.42 Å². The molecule has 4 rings (SSSR count). The van der Waals surface area contributed by atoms with Gasteiger partial charge in [0.05, 0.1) is 29.4 Å². The summed E-state index contributed by atoms with van der Waals surface area (Å²) in [5, 5.41) is 3.29. The highest BCUT2D eigenvalue weighted by Gasteiger charge is 2.32. The maximum atomic E-state index is 13.6. The maximum absolute atomic E-state index is 13.6. The second-order valence-electron chi connectivity index (χ2n) is 16.3. The molecular weight excluding hydrogens is 777 g/mol. The number of nitrogens with zero attached hydrogens (tertiary/aromatic N) is 2. The molecule has 1 aliphatic carbocycles. The Bertz CT molecular complexity index is 2070. The van der Waals surface area contributed by atoms with E-state index in [1.54, 1.807) is 30.8 Å². The number of hydrogen-bond acceptors (Lipinski definition) is 11. The molecule has 1 amide bonds. The first kappa shape index (κ1) is 44.9. The number of carbonyl (C=O) groups excluding carboxylic acids is 5. The van der Waals surface area contributed by atoms with E-state index in [0.29, 0.717) is 23.1 Å². The number of fused-ring (bicyclic) bond motifs is 2. The van der Waals surface area contributed by atoms with Crippen LogP contribution in [0.15, 0.2) is 41.2 Å². The van der Waals surface area contributed by atoms with Gasteiger partial charge < -0.3 is 28.5 Å². The van der Waals surface area contributed by atoms with Gasteiger partial charge in [-0.3, -0.25) is 28.8 Å². The molecule has 16 heteroatoms. The highest BCUT2D eigenvalue weighted by molar-refractivity contribution is 6.71. The third-order valence-electron chi connectivity index (χ3n) is 9.41. The van der Waals surface area contributed by atoms with Gasteiger partial charge in [0.2, 0.25) is 26.4 Å². The molecule has 57 heavy (non-hydrogen) atoms. The van der Waals surface area contributed by atoms with Gasteiger partial charge in [-0.05, 0) is 119 Å². The fourth-order valence-electron chi connectivity index (χ4n) is 6.84. The smallest absolute Gasteiger partial charge is 0.315 e. The number of hydrogen-bond donors (Lipinski definition) is 2. The number of ketones is 1. The molecule has 3 atom stereocenters. The van der Waals surface area contributed by atoms with Gasteiger partial charge in [-0.2, -0.15) is 0 Å². The minimum absolute atomic E-state index is 0.0210. The Labute approximate surface area is 339 Å². The van der Waals surface area contributed by atoms with Gasteiger partial charge in [0.15, 0.2) is 0 Å². The van der Waals surface area contributed by atoms with Crippen molar-refractivity contribution in [3.63, 3.8) is 0 Å². The monoisotopic (exact) mass is 832 g/mol. The Morgan fingerprint density at radius 2 is 1.68 bits per heavy atom. The zero-order valence-electron chi connectivity index (χ0n) is 34.4. The van der Waals surface area contributed by atoms with Crippen molar-refractivity contribution >= 4 is 72.6 Å². The summed E-state index contributed by atoms with van der Waals surface area (Å²) in [5.41, 5.74) is 3.68. The molecule has 2 N–H and O–H groups in total. The Balaban J connectivity index is 1.48. The lowest BCUT2D eigenvalue weighted by molar-refractivity contribution is -0.143. The average molecular weight is 833 g/mol. The molecule has 0 fully saturated rings. The second kappa shape index (κ2) is 19.5. The number of aromatic nitrogens is 2. The molecule has 0 radical (unpaired) electrons. The predicted molar refractivity (Wildman–Crippen MR) is 228 cm³/mol. The highest BCUT2D eigenvalue weighted by Crippen LogP contribution is 2.39. The summed E-state index contributed by atoms with van der Waals surface area (Å²) >= 11 is 0. The Hall–Kier alpha value is -4.86. The molecular formula is C41H56N4O9Si3. The van der Waals surface area contributed by atoms with Crippen LogP contribution in [0.3, 0.4) is 0 Å². The van der Waals surface area contributed by atoms with Crippen LogP contribution in [-0.2, 0) is 45.3 Å². The summed E-state index contributed by atoms with van der Waals surface area (Å²) in [7, 11) is -5.60. The van der Waals surface area contributed by atoms with E-state index in [9.17, 15) is 28.8 Å². The molecule has 1 heterocycles. The van der Waals surface area contributed by atoms with E-state index < -0.39 is 62.2 Å². The Kier molecular flexibility index (Phi) is 15.4. The molecule has 1 aromatic heterocycles. The normalized spacial score (nSPS) is 15.0. The van der Waals surface area contributed by atoms with Crippen molar-refractivity contribution in [3.05, 3.63) is 69.3 Å². The van der Waals surface area contributed by atoms with Crippen molar-refractivity contribution in [1.82, 2.24) is 15.3 Å². The van der Waals surface area contributed by atoms with E-state index in [0.717, 1.165) is 29.7 Å². The number of aromatic amines is 1. The van der Waals surface area contributed by atoms with Crippen molar-refractivity contribution in [2.75, 3.05) is 11.4 Å². The van der Waals surface area contributed by atoms with Gasteiger partial charge in [0.25, 0.3) is 23.4 Å². The Morgan fingerprint density at radius 1 is 1.00 bits per heavy atom. The average Bonchev–Trinajstić information content (AvgIpc) is 3.54. The van der Waals surface area contributed by atoms with Crippen LogP contribution in [0.25, 0.3) is 10.9 Å². The lowest BCUT2D eigenvalue weighted by Gasteiger charge is -2.30. The lowest BCUT2D eigenvalue weighted by Crippen LogP contribution is -2.45. The summed E-state index contributed by atoms with van der Waals surface area (Å²) in [4.78, 5) is 87.8. The molecule has 13 nitrogen and oxygen atoms in total. The van der Waals surface area contributed by atoms with Gasteiger partial charge in [0.1, 0.15) is 17.6 Å². The SMILES string of the molecule is C#CCN(c1ccc(C(=O)N[C@@H](CCC(=O)C[C@H](CCC(=O)O[Si](C)(C)C)C(=O)O[SiH2]C)C(=O)O[Si](C)(C)C)cc1)[C@H]1CCc2cc3nc(CC)[nH]c(=O)c3cc21. The topological polar surface area (TPSA) is 174 Å². The standard InChI is InChI=1S/C41H56N4O9Si3/c1-10-22-45(35-20-14-27-24-34-32(25-31(27)35)39(49)44-36(11-2)42-34)29-16-12-26(13-17-29)38(48)43-33(41(51)54-57(7,8)9)19-18-30(46)23-28(40(50)52-55-3)15-21-37(47)53-56(4,5)6/h1,12-13,16-17,24-25,28,33,35H,11,14-15,18-23,55H2,2-9H3,(H,43,48)(H,42,44,49)/t28-,33-,35-/m0/s1. The Morgan fingerprint density at radius 3 is 2.30 bits per heavy atom. The van der Waals surface area contributed by atoms with Crippen LogP contribution in [0.1, 0.15) is 78.8 Å². The van der Waals surface area contributed by atoms with Crippen molar-refractivity contribution in [2.45, 2.75) is 116 Å². The zero-order chi connectivity index (χ0) is 42.1.